The maximum Gasteiger partial charge on any atom is 0.374 e. The van der Waals surface area contributed by atoms with Crippen molar-refractivity contribution in [2.24, 2.45) is 0 Å². The first kappa shape index (κ1) is 18.3. The molecule has 0 aromatic carbocycles. The Morgan fingerprint density at radius 2 is 1.37 bits per heavy atom. The zero-order valence-corrected chi connectivity index (χ0v) is 14.9. The summed E-state index contributed by atoms with van der Waals surface area (Å²) in [5.41, 5.74) is -2.00. The Hall–Kier alpha value is 1.24. The highest BCUT2D eigenvalue weighted by Crippen LogP contribution is 2.46. The molecule has 1 fully saturated rings. The van der Waals surface area contributed by atoms with E-state index in [-0.39, 0.29) is 13.2 Å². The SMILES string of the molecule is COCC(Cl)N1C(Br)C(Br)N(C(Cl)COC)C1(F)F. The predicted molar refractivity (Wildman–Crippen MR) is 77.1 cm³/mol. The highest BCUT2D eigenvalue weighted by molar-refractivity contribution is 9.12. The van der Waals surface area contributed by atoms with Crippen LogP contribution in [0.15, 0.2) is 0 Å². The van der Waals surface area contributed by atoms with Crippen molar-refractivity contribution >= 4 is 55.1 Å². The van der Waals surface area contributed by atoms with Crippen molar-refractivity contribution in [1.29, 1.82) is 0 Å². The lowest BCUT2D eigenvalue weighted by atomic mass is 10.5. The lowest BCUT2D eigenvalue weighted by Crippen LogP contribution is -2.53. The Morgan fingerprint density at radius 1 is 1.05 bits per heavy atom. The Morgan fingerprint density at radius 3 is 1.63 bits per heavy atom. The first-order valence-corrected chi connectivity index (χ1v) is 7.98. The number of nitrogens with zero attached hydrogens (tertiary/aromatic N) is 2. The molecular weight excluding hydrogens is 437 g/mol. The molecule has 0 amide bonds. The fourth-order valence-electron chi connectivity index (χ4n) is 1.78. The molecule has 0 aromatic heterocycles. The molecule has 0 radical (unpaired) electrons. The third kappa shape index (κ3) is 3.71. The van der Waals surface area contributed by atoms with Crippen molar-refractivity contribution in [3.63, 3.8) is 0 Å². The monoisotopic (exact) mass is 448 g/mol. The van der Waals surface area contributed by atoms with E-state index < -0.39 is 27.1 Å². The molecule has 4 atom stereocenters. The summed E-state index contributed by atoms with van der Waals surface area (Å²) in [6, 6.07) is 0. The predicted octanol–water partition coefficient (Wildman–Crippen LogP) is 3.02. The normalized spacial score (nSPS) is 31.6. The molecule has 19 heavy (non-hydrogen) atoms. The van der Waals surface area contributed by atoms with Gasteiger partial charge in [-0.2, -0.15) is 18.6 Å². The second-order valence-electron chi connectivity index (χ2n) is 3.85. The summed E-state index contributed by atoms with van der Waals surface area (Å²) in [7, 11) is 2.79. The summed E-state index contributed by atoms with van der Waals surface area (Å²) in [4.78, 5) is 0.141. The molecule has 1 saturated heterocycles. The van der Waals surface area contributed by atoms with E-state index in [0.717, 1.165) is 9.80 Å². The molecule has 1 aliphatic rings. The van der Waals surface area contributed by atoms with E-state index in [4.69, 9.17) is 32.7 Å². The van der Waals surface area contributed by atoms with Gasteiger partial charge >= 0.3 is 6.17 Å². The van der Waals surface area contributed by atoms with Crippen molar-refractivity contribution in [2.75, 3.05) is 27.4 Å². The third-order valence-electron chi connectivity index (χ3n) is 2.59. The zero-order valence-electron chi connectivity index (χ0n) is 10.2. The van der Waals surface area contributed by atoms with Gasteiger partial charge in [-0.1, -0.05) is 31.9 Å². The van der Waals surface area contributed by atoms with E-state index in [1.165, 1.54) is 14.2 Å². The highest BCUT2D eigenvalue weighted by Gasteiger charge is 2.62. The fourth-order valence-corrected chi connectivity index (χ4v) is 4.35. The van der Waals surface area contributed by atoms with Crippen molar-refractivity contribution in [3.8, 4) is 0 Å². The number of halogens is 6. The molecule has 0 aromatic rings. The number of hydrogen-bond donors (Lipinski definition) is 0. The number of rotatable bonds is 6. The summed E-state index contributed by atoms with van der Waals surface area (Å²) < 4.78 is 38.5. The van der Waals surface area contributed by atoms with Gasteiger partial charge in [0, 0.05) is 14.2 Å². The van der Waals surface area contributed by atoms with Crippen LogP contribution >= 0.6 is 55.1 Å². The van der Waals surface area contributed by atoms with Crippen LogP contribution in [0.4, 0.5) is 8.78 Å². The van der Waals surface area contributed by atoms with Gasteiger partial charge in [0.05, 0.1) is 23.1 Å². The Balaban J connectivity index is 2.97. The van der Waals surface area contributed by atoms with Gasteiger partial charge < -0.3 is 9.47 Å². The van der Waals surface area contributed by atoms with Gasteiger partial charge in [-0.15, -0.1) is 23.2 Å². The van der Waals surface area contributed by atoms with Crippen molar-refractivity contribution in [1.82, 2.24) is 9.80 Å². The van der Waals surface area contributed by atoms with Crippen molar-refractivity contribution < 1.29 is 18.3 Å². The van der Waals surface area contributed by atoms with Gasteiger partial charge in [-0.3, -0.25) is 0 Å². The van der Waals surface area contributed by atoms with Crippen LogP contribution in [0.3, 0.4) is 0 Å². The van der Waals surface area contributed by atoms with Crippen LogP contribution < -0.4 is 0 Å². The van der Waals surface area contributed by atoms with E-state index in [2.05, 4.69) is 31.9 Å². The fraction of sp³-hybridized carbons (Fsp3) is 1.00. The quantitative estimate of drug-likeness (QED) is 0.459. The Labute approximate surface area is 137 Å². The van der Waals surface area contributed by atoms with Crippen LogP contribution in [-0.4, -0.2) is 64.3 Å². The molecule has 0 bridgehead atoms. The van der Waals surface area contributed by atoms with Gasteiger partial charge in [0.2, 0.25) is 0 Å². The van der Waals surface area contributed by atoms with Crippen molar-refractivity contribution in [2.45, 2.75) is 27.1 Å². The number of alkyl halides is 6. The minimum absolute atomic E-state index is 0.0377. The highest BCUT2D eigenvalue weighted by atomic mass is 79.9. The van der Waals surface area contributed by atoms with E-state index in [1.807, 2.05) is 0 Å². The van der Waals surface area contributed by atoms with Crippen LogP contribution in [0.25, 0.3) is 0 Å². The van der Waals surface area contributed by atoms with Gasteiger partial charge in [0.1, 0.15) is 11.0 Å². The Bertz CT molecular complexity index is 281. The smallest absolute Gasteiger partial charge is 0.374 e. The molecule has 0 N–H and O–H groups in total. The summed E-state index contributed by atoms with van der Waals surface area (Å²) in [5.74, 6) is 0. The van der Waals surface area contributed by atoms with E-state index in [9.17, 15) is 8.78 Å². The van der Waals surface area contributed by atoms with E-state index >= 15 is 0 Å². The second-order valence-corrected chi connectivity index (χ2v) is 6.73. The zero-order chi connectivity index (χ0) is 14.8. The first-order valence-electron chi connectivity index (χ1n) is 5.27. The maximum atomic E-state index is 14.4. The third-order valence-corrected chi connectivity index (χ3v) is 5.86. The minimum Gasteiger partial charge on any atom is -0.382 e. The van der Waals surface area contributed by atoms with Crippen LogP contribution in [0, 0.1) is 0 Å². The molecular formula is C9H14Br2Cl2F2N2O2. The molecule has 114 valence electrons. The topological polar surface area (TPSA) is 24.9 Å². The number of ether oxygens (including phenoxy) is 2. The van der Waals surface area contributed by atoms with Crippen LogP contribution in [-0.2, 0) is 9.47 Å². The average Bonchev–Trinajstić information content (AvgIpc) is 2.46. The number of methoxy groups -OCH3 is 2. The van der Waals surface area contributed by atoms with Crippen LogP contribution in [0.5, 0.6) is 0 Å². The first-order chi connectivity index (χ1) is 8.78. The maximum absolute atomic E-state index is 14.4. The van der Waals surface area contributed by atoms with Gasteiger partial charge in [-0.05, 0) is 0 Å². The largest absolute Gasteiger partial charge is 0.382 e. The average molecular weight is 451 g/mol. The molecule has 1 rings (SSSR count). The van der Waals surface area contributed by atoms with Crippen LogP contribution in [0.2, 0.25) is 0 Å². The number of hydrogen-bond acceptors (Lipinski definition) is 4. The lowest BCUT2D eigenvalue weighted by Gasteiger charge is -2.34. The molecule has 0 aliphatic carbocycles. The minimum atomic E-state index is -3.34. The summed E-state index contributed by atoms with van der Waals surface area (Å²) in [5, 5.41) is 0. The van der Waals surface area contributed by atoms with Crippen LogP contribution in [0.1, 0.15) is 0 Å². The molecule has 4 unspecified atom stereocenters. The standard InChI is InChI=1S/C9H14Br2Cl2F2N2O2/c1-18-3-5(12)16-7(10)8(11)17(9(16,14)15)6(13)4-19-2/h5-8H,3-4H2,1-2H3. The molecule has 0 saturated carbocycles. The van der Waals surface area contributed by atoms with E-state index in [0.29, 0.717) is 0 Å². The molecule has 0 spiro atoms. The summed E-state index contributed by atoms with van der Waals surface area (Å²) in [6.07, 6.45) is -3.34. The van der Waals surface area contributed by atoms with Crippen molar-refractivity contribution in [3.05, 3.63) is 0 Å². The molecule has 10 heteroatoms. The summed E-state index contributed by atoms with van der Waals surface area (Å²) >= 11 is 18.3. The van der Waals surface area contributed by atoms with Gasteiger partial charge in [-0.25, -0.2) is 0 Å². The van der Waals surface area contributed by atoms with Gasteiger partial charge in [0.25, 0.3) is 0 Å². The van der Waals surface area contributed by atoms with E-state index in [1.54, 1.807) is 0 Å². The van der Waals surface area contributed by atoms with Gasteiger partial charge in [0.15, 0.2) is 0 Å². The molecule has 1 heterocycles. The lowest BCUT2D eigenvalue weighted by molar-refractivity contribution is -0.226. The second kappa shape index (κ2) is 7.49. The molecule has 1 aliphatic heterocycles. The molecule has 4 nitrogen and oxygen atoms in total. The summed E-state index contributed by atoms with van der Waals surface area (Å²) in [6.45, 7) is -0.0753. The Kier molecular flexibility index (Phi) is 7.21.